The first-order valence-electron chi connectivity index (χ1n) is 2.85. The van der Waals surface area contributed by atoms with Gasteiger partial charge in [0.15, 0.2) is 0 Å². The summed E-state index contributed by atoms with van der Waals surface area (Å²) in [5.41, 5.74) is 0. The molecule has 1 atom stereocenters. The van der Waals surface area contributed by atoms with Gasteiger partial charge in [0.2, 0.25) is 0 Å². The van der Waals surface area contributed by atoms with E-state index in [0.717, 1.165) is 0 Å². The monoisotopic (exact) mass is 208 g/mol. The third-order valence-electron chi connectivity index (χ3n) is 0.888. The molecule has 0 aromatic rings. The Morgan fingerprint density at radius 2 is 1.83 bits per heavy atom. The molecule has 0 rings (SSSR count). The maximum atomic E-state index is 12.3. The van der Waals surface area contributed by atoms with Crippen LogP contribution in [0.15, 0.2) is 0 Å². The maximum absolute atomic E-state index is 12.3. The van der Waals surface area contributed by atoms with Crippen LogP contribution in [0, 0.1) is 0 Å². The minimum atomic E-state index is -5.46. The van der Waals surface area contributed by atoms with E-state index in [1.807, 2.05) is 0 Å². The molecular formula is C5H5ClF4O2. The molecule has 72 valence electrons. The Kier molecular flexibility index (Phi) is 3.32. The molecule has 0 heterocycles. The molecule has 0 unspecified atom stereocenters. The topological polar surface area (TPSA) is 26.3 Å². The molecule has 7 heteroatoms. The van der Waals surface area contributed by atoms with Crippen molar-refractivity contribution in [2.24, 2.45) is 0 Å². The second-order valence-electron chi connectivity index (χ2n) is 1.79. The van der Waals surface area contributed by atoms with Crippen LogP contribution < -0.4 is 0 Å². The molecule has 0 radical (unpaired) electrons. The standard InChI is InChI=1S/C5H5ClF4O2/c1-2-12-3(11)4(6,7)5(8,9)10/h2H2,1H3/t4-/m1/s1. The zero-order valence-corrected chi connectivity index (χ0v) is 6.67. The average Bonchev–Trinajstić information content (AvgIpc) is 1.85. The Balaban J connectivity index is 4.50. The molecule has 0 aliphatic heterocycles. The van der Waals surface area contributed by atoms with Gasteiger partial charge in [0.25, 0.3) is 0 Å². The van der Waals surface area contributed by atoms with Crippen LogP contribution in [-0.2, 0) is 9.53 Å². The van der Waals surface area contributed by atoms with Crippen molar-refractivity contribution < 1.29 is 27.1 Å². The van der Waals surface area contributed by atoms with Crippen molar-refractivity contribution in [2.45, 2.75) is 18.2 Å². The number of carbonyl (C=O) groups is 1. The van der Waals surface area contributed by atoms with Gasteiger partial charge in [-0.3, -0.25) is 0 Å². The minimum absolute atomic E-state index is 0.368. The SMILES string of the molecule is CCOC(=O)[C@](F)(Cl)C(F)(F)F. The highest BCUT2D eigenvalue weighted by Gasteiger charge is 2.62. The number of hydrogen-bond acceptors (Lipinski definition) is 2. The average molecular weight is 209 g/mol. The second-order valence-corrected chi connectivity index (χ2v) is 2.31. The highest BCUT2D eigenvalue weighted by Crippen LogP contribution is 2.38. The molecule has 0 aliphatic carbocycles. The van der Waals surface area contributed by atoms with Crippen LogP contribution in [0.1, 0.15) is 6.92 Å². The van der Waals surface area contributed by atoms with Gasteiger partial charge in [0.05, 0.1) is 6.61 Å². The van der Waals surface area contributed by atoms with Gasteiger partial charge in [-0.05, 0) is 6.92 Å². The highest BCUT2D eigenvalue weighted by atomic mass is 35.5. The number of ether oxygens (including phenoxy) is 1. The van der Waals surface area contributed by atoms with Crippen LogP contribution in [0.2, 0.25) is 0 Å². The van der Waals surface area contributed by atoms with Gasteiger partial charge in [0, 0.05) is 0 Å². The van der Waals surface area contributed by atoms with Crippen molar-refractivity contribution in [3.8, 4) is 0 Å². The predicted octanol–water partition coefficient (Wildman–Crippen LogP) is 2.02. The Morgan fingerprint density at radius 3 is 2.08 bits per heavy atom. The van der Waals surface area contributed by atoms with Crippen molar-refractivity contribution in [2.75, 3.05) is 6.61 Å². The fourth-order valence-electron chi connectivity index (χ4n) is 0.337. The van der Waals surface area contributed by atoms with Crippen LogP contribution in [-0.4, -0.2) is 23.9 Å². The second kappa shape index (κ2) is 3.47. The summed E-state index contributed by atoms with van der Waals surface area (Å²) >= 11 is 4.28. The number of alkyl halides is 5. The van der Waals surface area contributed by atoms with Gasteiger partial charge in [-0.1, -0.05) is 11.6 Å². The van der Waals surface area contributed by atoms with Crippen molar-refractivity contribution in [1.29, 1.82) is 0 Å². The van der Waals surface area contributed by atoms with E-state index in [0.29, 0.717) is 0 Å². The van der Waals surface area contributed by atoms with Crippen LogP contribution in [0.25, 0.3) is 0 Å². The molecule has 0 saturated carbocycles. The molecule has 0 aromatic heterocycles. The van der Waals surface area contributed by atoms with Gasteiger partial charge < -0.3 is 4.74 Å². The molecule has 0 aliphatic rings. The van der Waals surface area contributed by atoms with Crippen molar-refractivity contribution in [1.82, 2.24) is 0 Å². The Hall–Kier alpha value is -0.520. The van der Waals surface area contributed by atoms with E-state index in [2.05, 4.69) is 16.3 Å². The summed E-state index contributed by atoms with van der Waals surface area (Å²) in [7, 11) is 0. The molecule has 0 saturated heterocycles. The van der Waals surface area contributed by atoms with Crippen molar-refractivity contribution in [3.05, 3.63) is 0 Å². The van der Waals surface area contributed by atoms with E-state index in [1.165, 1.54) is 6.92 Å². The molecule has 0 aromatic carbocycles. The Morgan fingerprint density at radius 1 is 1.42 bits per heavy atom. The van der Waals surface area contributed by atoms with Crippen molar-refractivity contribution in [3.63, 3.8) is 0 Å². The van der Waals surface area contributed by atoms with E-state index < -0.39 is 17.3 Å². The summed E-state index contributed by atoms with van der Waals surface area (Å²) in [5.74, 6) is -2.14. The molecule has 12 heavy (non-hydrogen) atoms. The van der Waals surface area contributed by atoms with E-state index in [1.54, 1.807) is 0 Å². The van der Waals surface area contributed by atoms with E-state index in [-0.39, 0.29) is 6.61 Å². The first-order chi connectivity index (χ1) is 5.23. The molecule has 2 nitrogen and oxygen atoms in total. The van der Waals surface area contributed by atoms with Gasteiger partial charge >= 0.3 is 17.3 Å². The molecule has 0 spiro atoms. The number of esters is 1. The van der Waals surface area contributed by atoms with Crippen molar-refractivity contribution >= 4 is 17.6 Å². The van der Waals surface area contributed by atoms with Crippen LogP contribution >= 0.6 is 11.6 Å². The summed E-state index contributed by atoms with van der Waals surface area (Å²) in [6.45, 7) is 0.870. The number of rotatable bonds is 2. The minimum Gasteiger partial charge on any atom is -0.462 e. The molecule has 0 amide bonds. The predicted molar refractivity (Wildman–Crippen MR) is 32.4 cm³/mol. The summed E-state index contributed by atoms with van der Waals surface area (Å²) in [6.07, 6.45) is -5.46. The lowest BCUT2D eigenvalue weighted by Gasteiger charge is -2.18. The largest absolute Gasteiger partial charge is 0.462 e. The van der Waals surface area contributed by atoms with Crippen LogP contribution in [0.4, 0.5) is 17.6 Å². The molecule has 0 bridgehead atoms. The number of halogens is 5. The van der Waals surface area contributed by atoms with E-state index in [4.69, 9.17) is 0 Å². The van der Waals surface area contributed by atoms with E-state index >= 15 is 0 Å². The normalized spacial score (nSPS) is 16.8. The summed E-state index contributed by atoms with van der Waals surface area (Å²) in [6, 6.07) is 0. The fraction of sp³-hybridized carbons (Fsp3) is 0.800. The third kappa shape index (κ3) is 2.23. The summed E-state index contributed by atoms with van der Waals surface area (Å²) < 4.78 is 50.9. The molecular weight excluding hydrogens is 203 g/mol. The third-order valence-corrected chi connectivity index (χ3v) is 1.26. The van der Waals surface area contributed by atoms with Crippen LogP contribution in [0.3, 0.4) is 0 Å². The molecule has 0 N–H and O–H groups in total. The number of carbonyl (C=O) groups excluding carboxylic acids is 1. The Labute approximate surface area is 70.4 Å². The van der Waals surface area contributed by atoms with Gasteiger partial charge in [-0.15, -0.1) is 0 Å². The maximum Gasteiger partial charge on any atom is 0.448 e. The zero-order chi connectivity index (χ0) is 9.99. The first kappa shape index (κ1) is 11.5. The highest BCUT2D eigenvalue weighted by molar-refractivity contribution is 6.33. The number of hydrogen-bond donors (Lipinski definition) is 0. The lowest BCUT2D eigenvalue weighted by Crippen LogP contribution is -2.44. The van der Waals surface area contributed by atoms with Gasteiger partial charge in [-0.2, -0.15) is 13.2 Å². The van der Waals surface area contributed by atoms with E-state index in [9.17, 15) is 22.4 Å². The Bertz CT molecular complexity index is 177. The quantitative estimate of drug-likeness (QED) is 0.394. The molecule has 0 fully saturated rings. The fourth-order valence-corrected chi connectivity index (χ4v) is 0.392. The lowest BCUT2D eigenvalue weighted by molar-refractivity contribution is -0.213. The summed E-state index contributed by atoms with van der Waals surface area (Å²) in [5, 5.41) is -4.44. The van der Waals surface area contributed by atoms with Gasteiger partial charge in [0.1, 0.15) is 0 Å². The lowest BCUT2D eigenvalue weighted by atomic mass is 10.4. The first-order valence-corrected chi connectivity index (χ1v) is 3.23. The van der Waals surface area contributed by atoms with Gasteiger partial charge in [-0.25, -0.2) is 9.18 Å². The van der Waals surface area contributed by atoms with Crippen LogP contribution in [0.5, 0.6) is 0 Å². The smallest absolute Gasteiger partial charge is 0.448 e. The summed E-state index contributed by atoms with van der Waals surface area (Å²) in [4.78, 5) is 10.3. The zero-order valence-electron chi connectivity index (χ0n) is 5.91.